The molecule has 4 heteroatoms. The van der Waals surface area contributed by atoms with E-state index in [0.29, 0.717) is 0 Å². The molecule has 0 bridgehead atoms. The van der Waals surface area contributed by atoms with E-state index >= 15 is 0 Å². The Balaban J connectivity index is 0.00000162. The van der Waals surface area contributed by atoms with Gasteiger partial charge in [-0.1, -0.05) is 18.2 Å². The summed E-state index contributed by atoms with van der Waals surface area (Å²) in [6.45, 7) is 5.01. The molecule has 0 spiro atoms. The zero-order valence-corrected chi connectivity index (χ0v) is 11.9. The van der Waals surface area contributed by atoms with Crippen LogP contribution in [0.2, 0.25) is 0 Å². The summed E-state index contributed by atoms with van der Waals surface area (Å²) in [5.41, 5.74) is 6.76. The van der Waals surface area contributed by atoms with E-state index in [9.17, 15) is 0 Å². The van der Waals surface area contributed by atoms with Crippen LogP contribution < -0.4 is 5.73 Å². The van der Waals surface area contributed by atoms with Gasteiger partial charge in [-0.25, -0.2) is 0 Å². The molecule has 0 amide bonds. The van der Waals surface area contributed by atoms with Gasteiger partial charge in [0.25, 0.3) is 0 Å². The summed E-state index contributed by atoms with van der Waals surface area (Å²) in [5, 5.41) is 1.16. The van der Waals surface area contributed by atoms with E-state index in [1.54, 1.807) is 0 Å². The summed E-state index contributed by atoms with van der Waals surface area (Å²) in [7, 11) is 2.07. The molecule has 0 aliphatic carbocycles. The lowest BCUT2D eigenvalue weighted by molar-refractivity contribution is 0.225. The second kappa shape index (κ2) is 6.23. The molecule has 0 radical (unpaired) electrons. The molecule has 0 aliphatic rings. The maximum Gasteiger partial charge on any atom is 0.134 e. The van der Waals surface area contributed by atoms with Gasteiger partial charge in [0.15, 0.2) is 0 Å². The van der Waals surface area contributed by atoms with Gasteiger partial charge in [0.05, 0.1) is 6.04 Å². The SMILES string of the molecule is CC(N)CN(C)C(C)c1cc2ccccc2o1.Cl. The zero-order chi connectivity index (χ0) is 12.4. The summed E-state index contributed by atoms with van der Waals surface area (Å²) in [6, 6.07) is 10.6. The normalized spacial score (nSPS) is 14.5. The summed E-state index contributed by atoms with van der Waals surface area (Å²) >= 11 is 0. The number of benzene rings is 1. The van der Waals surface area contributed by atoms with Crippen LogP contribution in [-0.2, 0) is 0 Å². The molecule has 0 saturated heterocycles. The fourth-order valence-corrected chi connectivity index (χ4v) is 2.04. The average molecular weight is 269 g/mol. The molecule has 3 nitrogen and oxygen atoms in total. The minimum absolute atomic E-state index is 0. The third-order valence-corrected chi connectivity index (χ3v) is 3.09. The van der Waals surface area contributed by atoms with Crippen molar-refractivity contribution in [1.29, 1.82) is 0 Å². The van der Waals surface area contributed by atoms with Crippen LogP contribution in [0.5, 0.6) is 0 Å². The molecule has 2 aromatic rings. The number of nitrogens with zero attached hydrogens (tertiary/aromatic N) is 1. The first-order chi connectivity index (χ1) is 8.08. The van der Waals surface area contributed by atoms with E-state index in [2.05, 4.69) is 31.0 Å². The molecular weight excluding hydrogens is 248 g/mol. The molecule has 0 saturated carbocycles. The number of hydrogen-bond acceptors (Lipinski definition) is 3. The molecule has 2 atom stereocenters. The third-order valence-electron chi connectivity index (χ3n) is 3.09. The van der Waals surface area contributed by atoms with Crippen LogP contribution in [0.1, 0.15) is 25.6 Å². The number of nitrogens with two attached hydrogens (primary N) is 1. The van der Waals surface area contributed by atoms with Crippen LogP contribution in [0.3, 0.4) is 0 Å². The number of halogens is 1. The number of furan rings is 1. The van der Waals surface area contributed by atoms with Gasteiger partial charge in [0.1, 0.15) is 11.3 Å². The summed E-state index contributed by atoms with van der Waals surface area (Å²) < 4.78 is 5.85. The van der Waals surface area contributed by atoms with Gasteiger partial charge < -0.3 is 10.2 Å². The molecule has 100 valence electrons. The Kier molecular flexibility index (Phi) is 5.20. The van der Waals surface area contributed by atoms with Crippen molar-refractivity contribution in [3.63, 3.8) is 0 Å². The quantitative estimate of drug-likeness (QED) is 0.926. The predicted octanol–water partition coefficient (Wildman–Crippen LogP) is 3.19. The highest BCUT2D eigenvalue weighted by Crippen LogP contribution is 2.26. The van der Waals surface area contributed by atoms with Crippen molar-refractivity contribution in [3.05, 3.63) is 36.1 Å². The monoisotopic (exact) mass is 268 g/mol. The first-order valence-corrected chi connectivity index (χ1v) is 6.02. The lowest BCUT2D eigenvalue weighted by Crippen LogP contribution is -2.34. The van der Waals surface area contributed by atoms with Crippen molar-refractivity contribution in [2.24, 2.45) is 5.73 Å². The Morgan fingerprint density at radius 1 is 1.28 bits per heavy atom. The molecule has 2 rings (SSSR count). The Hall–Kier alpha value is -1.03. The van der Waals surface area contributed by atoms with Gasteiger partial charge in [0, 0.05) is 18.0 Å². The van der Waals surface area contributed by atoms with Crippen LogP contribution >= 0.6 is 12.4 Å². The number of fused-ring (bicyclic) bond motifs is 1. The van der Waals surface area contributed by atoms with Crippen molar-refractivity contribution in [2.45, 2.75) is 25.9 Å². The molecule has 1 heterocycles. The highest BCUT2D eigenvalue weighted by Gasteiger charge is 2.16. The number of para-hydroxylation sites is 1. The van der Waals surface area contributed by atoms with E-state index in [0.717, 1.165) is 23.3 Å². The van der Waals surface area contributed by atoms with Crippen molar-refractivity contribution < 1.29 is 4.42 Å². The van der Waals surface area contributed by atoms with Gasteiger partial charge in [-0.15, -0.1) is 12.4 Å². The predicted molar refractivity (Wildman–Crippen MR) is 78.2 cm³/mol. The van der Waals surface area contributed by atoms with Crippen LogP contribution in [0, 0.1) is 0 Å². The third kappa shape index (κ3) is 3.25. The highest BCUT2D eigenvalue weighted by atomic mass is 35.5. The van der Waals surface area contributed by atoms with Crippen LogP contribution in [0.25, 0.3) is 11.0 Å². The Labute approximate surface area is 114 Å². The number of hydrogen-bond donors (Lipinski definition) is 1. The second-order valence-electron chi connectivity index (χ2n) is 4.78. The number of rotatable bonds is 4. The highest BCUT2D eigenvalue weighted by molar-refractivity contribution is 5.85. The Morgan fingerprint density at radius 2 is 1.94 bits per heavy atom. The van der Waals surface area contributed by atoms with E-state index in [-0.39, 0.29) is 24.5 Å². The van der Waals surface area contributed by atoms with Gasteiger partial charge in [-0.2, -0.15) is 0 Å². The van der Waals surface area contributed by atoms with Crippen molar-refractivity contribution in [1.82, 2.24) is 4.90 Å². The largest absolute Gasteiger partial charge is 0.459 e. The molecule has 2 unspecified atom stereocenters. The van der Waals surface area contributed by atoms with Crippen LogP contribution in [0.4, 0.5) is 0 Å². The van der Waals surface area contributed by atoms with E-state index < -0.39 is 0 Å². The molecule has 0 aliphatic heterocycles. The smallest absolute Gasteiger partial charge is 0.134 e. The maximum atomic E-state index is 5.85. The Morgan fingerprint density at radius 3 is 2.56 bits per heavy atom. The zero-order valence-electron chi connectivity index (χ0n) is 11.1. The molecule has 1 aromatic heterocycles. The number of likely N-dealkylation sites (N-methyl/N-ethyl adjacent to an activating group) is 1. The lowest BCUT2D eigenvalue weighted by Gasteiger charge is -2.24. The first kappa shape index (κ1) is 15.0. The standard InChI is InChI=1S/C14H20N2O.ClH/c1-10(15)9-16(3)11(2)14-8-12-6-4-5-7-13(12)17-14;/h4-8,10-11H,9,15H2,1-3H3;1H. The van der Waals surface area contributed by atoms with Crippen LogP contribution in [-0.4, -0.2) is 24.5 Å². The van der Waals surface area contributed by atoms with Crippen molar-refractivity contribution in [3.8, 4) is 0 Å². The molecule has 0 fully saturated rings. The maximum absolute atomic E-state index is 5.85. The topological polar surface area (TPSA) is 42.4 Å². The van der Waals surface area contributed by atoms with Gasteiger partial charge >= 0.3 is 0 Å². The average Bonchev–Trinajstić information content (AvgIpc) is 2.70. The summed E-state index contributed by atoms with van der Waals surface area (Å²) in [4.78, 5) is 2.21. The van der Waals surface area contributed by atoms with E-state index in [4.69, 9.17) is 10.2 Å². The second-order valence-corrected chi connectivity index (χ2v) is 4.78. The molecule has 18 heavy (non-hydrogen) atoms. The lowest BCUT2D eigenvalue weighted by atomic mass is 10.2. The fraction of sp³-hybridized carbons (Fsp3) is 0.429. The van der Waals surface area contributed by atoms with E-state index in [1.807, 2.05) is 25.1 Å². The fourth-order valence-electron chi connectivity index (χ4n) is 2.04. The molecule has 1 aromatic carbocycles. The van der Waals surface area contributed by atoms with E-state index in [1.165, 1.54) is 0 Å². The first-order valence-electron chi connectivity index (χ1n) is 6.02. The van der Waals surface area contributed by atoms with Gasteiger partial charge in [0.2, 0.25) is 0 Å². The van der Waals surface area contributed by atoms with Crippen molar-refractivity contribution >= 4 is 23.4 Å². The van der Waals surface area contributed by atoms with Crippen LogP contribution in [0.15, 0.2) is 34.7 Å². The van der Waals surface area contributed by atoms with Crippen molar-refractivity contribution in [2.75, 3.05) is 13.6 Å². The molecular formula is C14H21ClN2O. The summed E-state index contributed by atoms with van der Waals surface area (Å²) in [5.74, 6) is 0.995. The van der Waals surface area contributed by atoms with Gasteiger partial charge in [-0.05, 0) is 33.0 Å². The summed E-state index contributed by atoms with van der Waals surface area (Å²) in [6.07, 6.45) is 0. The minimum Gasteiger partial charge on any atom is -0.459 e. The Bertz CT molecular complexity index is 462. The molecule has 2 N–H and O–H groups in total. The minimum atomic E-state index is 0. The van der Waals surface area contributed by atoms with Gasteiger partial charge in [-0.3, -0.25) is 4.90 Å².